The molecule has 0 unspecified atom stereocenters. The zero-order valence-electron chi connectivity index (χ0n) is 11.7. The van der Waals surface area contributed by atoms with E-state index in [0.29, 0.717) is 11.6 Å². The van der Waals surface area contributed by atoms with Gasteiger partial charge in [-0.15, -0.1) is 10.2 Å². The van der Waals surface area contributed by atoms with Crippen molar-refractivity contribution in [3.05, 3.63) is 6.33 Å². The predicted molar refractivity (Wildman–Crippen MR) is 74.3 cm³/mol. The standard InChI is InChI=1S/C11H19N5O3S/c1-7(2)4-8(10(18)19-3)14-9(17)5-20-11-15-13-6-16(11)12/h6-8H,4-5,12H2,1-3H3,(H,14,17)/t8-/m0/s1. The largest absolute Gasteiger partial charge is 0.467 e. The molecule has 0 saturated carbocycles. The zero-order valence-corrected chi connectivity index (χ0v) is 12.5. The highest BCUT2D eigenvalue weighted by Gasteiger charge is 2.22. The van der Waals surface area contributed by atoms with E-state index in [4.69, 9.17) is 5.84 Å². The van der Waals surface area contributed by atoms with Crippen LogP contribution in [0.5, 0.6) is 0 Å². The Morgan fingerprint density at radius 2 is 2.25 bits per heavy atom. The number of rotatable bonds is 7. The van der Waals surface area contributed by atoms with Crippen molar-refractivity contribution in [2.45, 2.75) is 31.5 Å². The summed E-state index contributed by atoms with van der Waals surface area (Å²) >= 11 is 1.14. The molecule has 0 spiro atoms. The summed E-state index contributed by atoms with van der Waals surface area (Å²) in [7, 11) is 1.30. The molecule has 1 aromatic heterocycles. The molecule has 3 N–H and O–H groups in total. The fourth-order valence-corrected chi connectivity index (χ4v) is 2.17. The summed E-state index contributed by atoms with van der Waals surface area (Å²) in [6.45, 7) is 3.93. The Morgan fingerprint density at radius 3 is 2.75 bits per heavy atom. The summed E-state index contributed by atoms with van der Waals surface area (Å²) in [5.74, 6) is 5.16. The van der Waals surface area contributed by atoms with Gasteiger partial charge in [0.2, 0.25) is 11.1 Å². The van der Waals surface area contributed by atoms with E-state index in [9.17, 15) is 9.59 Å². The van der Waals surface area contributed by atoms with Gasteiger partial charge in [0.05, 0.1) is 12.9 Å². The normalized spacial score (nSPS) is 12.2. The lowest BCUT2D eigenvalue weighted by molar-refractivity contribution is -0.145. The number of aromatic nitrogens is 3. The number of nitrogens with one attached hydrogen (secondary N) is 1. The number of nitrogens with two attached hydrogens (primary N) is 1. The second-order valence-corrected chi connectivity index (χ2v) is 5.52. The topological polar surface area (TPSA) is 112 Å². The molecule has 0 radical (unpaired) electrons. The third-order valence-corrected chi connectivity index (χ3v) is 3.36. The number of carbonyl (C=O) groups is 2. The van der Waals surface area contributed by atoms with Crippen molar-refractivity contribution >= 4 is 23.6 Å². The Balaban J connectivity index is 2.49. The van der Waals surface area contributed by atoms with Gasteiger partial charge >= 0.3 is 5.97 Å². The summed E-state index contributed by atoms with van der Waals surface area (Å²) in [5, 5.41) is 10.4. The third-order valence-electron chi connectivity index (χ3n) is 2.40. The van der Waals surface area contributed by atoms with Gasteiger partial charge < -0.3 is 15.9 Å². The Labute approximate surface area is 121 Å². The maximum absolute atomic E-state index is 11.8. The number of nitrogens with zero attached hydrogens (tertiary/aromatic N) is 3. The van der Waals surface area contributed by atoms with Gasteiger partial charge in [-0.2, -0.15) is 0 Å². The number of methoxy groups -OCH3 is 1. The monoisotopic (exact) mass is 301 g/mol. The molecule has 112 valence electrons. The first-order valence-electron chi connectivity index (χ1n) is 6.09. The SMILES string of the molecule is COC(=O)[C@H](CC(C)C)NC(=O)CSc1nncn1N. The zero-order chi connectivity index (χ0) is 15.1. The van der Waals surface area contributed by atoms with Gasteiger partial charge in [-0.3, -0.25) is 4.79 Å². The van der Waals surface area contributed by atoms with Crippen LogP contribution in [0.25, 0.3) is 0 Å². The van der Waals surface area contributed by atoms with E-state index in [-0.39, 0.29) is 17.6 Å². The molecule has 0 aliphatic carbocycles. The van der Waals surface area contributed by atoms with Gasteiger partial charge in [-0.1, -0.05) is 25.6 Å². The van der Waals surface area contributed by atoms with Crippen molar-refractivity contribution in [2.75, 3.05) is 18.7 Å². The second-order valence-electron chi connectivity index (χ2n) is 4.58. The van der Waals surface area contributed by atoms with Crippen LogP contribution in [0.3, 0.4) is 0 Å². The minimum absolute atomic E-state index is 0.0987. The van der Waals surface area contributed by atoms with Crippen LogP contribution in [0.2, 0.25) is 0 Å². The van der Waals surface area contributed by atoms with Crippen LogP contribution in [-0.4, -0.2) is 45.7 Å². The molecule has 0 saturated heterocycles. The number of thioether (sulfide) groups is 1. The quantitative estimate of drug-likeness (QED) is 0.407. The van der Waals surface area contributed by atoms with Gasteiger partial charge in [-0.05, 0) is 12.3 Å². The number of carbonyl (C=O) groups excluding carboxylic acids is 2. The lowest BCUT2D eigenvalue weighted by Crippen LogP contribution is -2.43. The van der Waals surface area contributed by atoms with Crippen LogP contribution in [0.1, 0.15) is 20.3 Å². The Bertz CT molecular complexity index is 463. The number of amides is 1. The Kier molecular flexibility index (Phi) is 6.29. The number of hydrogen-bond donors (Lipinski definition) is 2. The van der Waals surface area contributed by atoms with E-state index in [2.05, 4.69) is 20.3 Å². The summed E-state index contributed by atoms with van der Waals surface area (Å²) in [6, 6.07) is -0.635. The molecule has 1 atom stereocenters. The molecule has 1 heterocycles. The molecule has 1 amide bonds. The molecular formula is C11H19N5O3S. The van der Waals surface area contributed by atoms with Gasteiger partial charge in [0.1, 0.15) is 12.4 Å². The summed E-state index contributed by atoms with van der Waals surface area (Å²) < 4.78 is 5.90. The van der Waals surface area contributed by atoms with Crippen molar-refractivity contribution in [1.29, 1.82) is 0 Å². The van der Waals surface area contributed by atoms with E-state index < -0.39 is 12.0 Å². The minimum Gasteiger partial charge on any atom is -0.467 e. The van der Waals surface area contributed by atoms with Crippen LogP contribution in [-0.2, 0) is 14.3 Å². The maximum atomic E-state index is 11.8. The van der Waals surface area contributed by atoms with Gasteiger partial charge in [0.15, 0.2) is 0 Å². The first-order valence-corrected chi connectivity index (χ1v) is 7.07. The highest BCUT2D eigenvalue weighted by molar-refractivity contribution is 7.99. The first-order chi connectivity index (χ1) is 9.43. The fourth-order valence-electron chi connectivity index (χ4n) is 1.53. The van der Waals surface area contributed by atoms with Gasteiger partial charge in [0, 0.05) is 0 Å². The molecule has 1 rings (SSSR count). The Morgan fingerprint density at radius 1 is 1.55 bits per heavy atom. The molecule has 1 aromatic rings. The first kappa shape index (κ1) is 16.3. The molecular weight excluding hydrogens is 282 g/mol. The highest BCUT2D eigenvalue weighted by atomic mass is 32.2. The summed E-state index contributed by atoms with van der Waals surface area (Å²) in [6.07, 6.45) is 1.87. The van der Waals surface area contributed by atoms with Gasteiger partial charge in [0.25, 0.3) is 0 Å². The van der Waals surface area contributed by atoms with E-state index in [1.165, 1.54) is 18.1 Å². The lowest BCUT2D eigenvalue weighted by atomic mass is 10.0. The molecule has 0 bridgehead atoms. The average Bonchev–Trinajstić information content (AvgIpc) is 2.79. The van der Waals surface area contributed by atoms with Crippen LogP contribution in [0.15, 0.2) is 11.5 Å². The van der Waals surface area contributed by atoms with Crippen molar-refractivity contribution in [2.24, 2.45) is 5.92 Å². The molecule has 20 heavy (non-hydrogen) atoms. The predicted octanol–water partition coefficient (Wildman–Crippen LogP) is -0.212. The van der Waals surface area contributed by atoms with Crippen LogP contribution < -0.4 is 11.2 Å². The molecule has 0 aliphatic rings. The number of nitrogen functional groups attached to an aromatic ring is 1. The van der Waals surface area contributed by atoms with E-state index in [0.717, 1.165) is 11.8 Å². The molecule has 0 fully saturated rings. The lowest BCUT2D eigenvalue weighted by Gasteiger charge is -2.18. The summed E-state index contributed by atoms with van der Waals surface area (Å²) in [5.41, 5.74) is 0. The molecule has 0 aliphatic heterocycles. The van der Waals surface area contributed by atoms with Crippen LogP contribution in [0, 0.1) is 5.92 Å². The highest BCUT2D eigenvalue weighted by Crippen LogP contribution is 2.12. The summed E-state index contributed by atoms with van der Waals surface area (Å²) in [4.78, 5) is 23.4. The third kappa shape index (κ3) is 5.08. The number of esters is 1. The van der Waals surface area contributed by atoms with E-state index in [1.54, 1.807) is 0 Å². The molecule has 0 aromatic carbocycles. The van der Waals surface area contributed by atoms with Crippen LogP contribution in [0.4, 0.5) is 0 Å². The van der Waals surface area contributed by atoms with Gasteiger partial charge in [-0.25, -0.2) is 9.47 Å². The minimum atomic E-state index is -0.635. The fraction of sp³-hybridized carbons (Fsp3) is 0.636. The smallest absolute Gasteiger partial charge is 0.328 e. The number of ether oxygens (including phenoxy) is 1. The second kappa shape index (κ2) is 7.73. The average molecular weight is 301 g/mol. The van der Waals surface area contributed by atoms with Crippen molar-refractivity contribution in [3.8, 4) is 0 Å². The Hall–Kier alpha value is -1.77. The van der Waals surface area contributed by atoms with Crippen molar-refractivity contribution < 1.29 is 14.3 Å². The van der Waals surface area contributed by atoms with E-state index in [1.807, 2.05) is 13.8 Å². The van der Waals surface area contributed by atoms with Crippen molar-refractivity contribution in [3.63, 3.8) is 0 Å². The molecule has 8 nitrogen and oxygen atoms in total. The van der Waals surface area contributed by atoms with Crippen molar-refractivity contribution in [1.82, 2.24) is 20.2 Å². The van der Waals surface area contributed by atoms with Crippen LogP contribution >= 0.6 is 11.8 Å². The van der Waals surface area contributed by atoms with E-state index >= 15 is 0 Å². The number of hydrogen-bond acceptors (Lipinski definition) is 7. The molecule has 9 heteroatoms. The maximum Gasteiger partial charge on any atom is 0.328 e.